The van der Waals surface area contributed by atoms with Gasteiger partial charge in [0.1, 0.15) is 0 Å². The summed E-state index contributed by atoms with van der Waals surface area (Å²) in [5.41, 5.74) is -0.372. The van der Waals surface area contributed by atoms with Gasteiger partial charge < -0.3 is 5.11 Å². The van der Waals surface area contributed by atoms with E-state index in [0.29, 0.717) is 0 Å². The Morgan fingerprint density at radius 2 is 2.42 bits per heavy atom. The van der Waals surface area contributed by atoms with E-state index >= 15 is 0 Å². The number of imide groups is 1. The molecule has 0 radical (unpaired) electrons. The second-order valence-corrected chi connectivity index (χ2v) is 3.76. The molecule has 2 unspecified atom stereocenters. The fraction of sp³-hybridized carbons (Fsp3) is 0.750. The van der Waals surface area contributed by atoms with Gasteiger partial charge in [-0.3, -0.25) is 4.79 Å². The van der Waals surface area contributed by atoms with Crippen LogP contribution in [-0.2, 0) is 4.79 Å². The average molecular weight is 169 g/mol. The molecule has 1 aliphatic carbocycles. The Kier molecular flexibility index (Phi) is 1.26. The van der Waals surface area contributed by atoms with Crippen molar-refractivity contribution in [1.29, 1.82) is 0 Å². The molecule has 2 rings (SSSR count). The van der Waals surface area contributed by atoms with Gasteiger partial charge in [0.05, 0.1) is 11.5 Å². The van der Waals surface area contributed by atoms with Crippen molar-refractivity contribution in [2.45, 2.75) is 31.7 Å². The number of carbonyl (C=O) groups excluding carboxylic acids is 1. The molecule has 1 saturated carbocycles. The number of likely N-dealkylation sites (tertiary alicyclic amines) is 1. The molecule has 0 aromatic carbocycles. The third-order valence-electron chi connectivity index (χ3n) is 3.15. The van der Waals surface area contributed by atoms with Crippen LogP contribution in [0.25, 0.3) is 0 Å². The average Bonchev–Trinajstić information content (AvgIpc) is 2.26. The predicted molar refractivity (Wildman–Crippen MR) is 40.6 cm³/mol. The number of nitrogens with zero attached hydrogens (tertiary/aromatic N) is 1. The van der Waals surface area contributed by atoms with Crippen LogP contribution >= 0.6 is 0 Å². The Morgan fingerprint density at radius 1 is 1.75 bits per heavy atom. The lowest BCUT2D eigenvalue weighted by molar-refractivity contribution is -0.159. The molecule has 2 atom stereocenters. The fourth-order valence-corrected chi connectivity index (χ4v) is 2.46. The van der Waals surface area contributed by atoms with E-state index in [1.807, 2.05) is 6.92 Å². The van der Waals surface area contributed by atoms with Gasteiger partial charge in [0.25, 0.3) is 0 Å². The van der Waals surface area contributed by atoms with Crippen LogP contribution < -0.4 is 0 Å². The van der Waals surface area contributed by atoms with Crippen LogP contribution in [0.15, 0.2) is 0 Å². The molecule has 2 fully saturated rings. The summed E-state index contributed by atoms with van der Waals surface area (Å²) in [5.74, 6) is -0.226. The number of hydrogen-bond acceptors (Lipinski definition) is 2. The zero-order valence-corrected chi connectivity index (χ0v) is 6.91. The summed E-state index contributed by atoms with van der Waals surface area (Å²) in [6.45, 7) is 1.86. The van der Waals surface area contributed by atoms with Gasteiger partial charge in [0.2, 0.25) is 5.91 Å². The Labute approximate surface area is 70.2 Å². The summed E-state index contributed by atoms with van der Waals surface area (Å²) in [4.78, 5) is 22.9. The van der Waals surface area contributed by atoms with Crippen LogP contribution in [0.4, 0.5) is 4.79 Å². The third-order valence-corrected chi connectivity index (χ3v) is 3.15. The smallest absolute Gasteiger partial charge is 0.414 e. The molecule has 4 heteroatoms. The van der Waals surface area contributed by atoms with Gasteiger partial charge in [0.15, 0.2) is 0 Å². The predicted octanol–water partition coefficient (Wildman–Crippen LogP) is 1.07. The molecule has 0 spiro atoms. The minimum atomic E-state index is -1.10. The fourth-order valence-electron chi connectivity index (χ4n) is 2.46. The van der Waals surface area contributed by atoms with E-state index in [2.05, 4.69) is 0 Å². The molecular formula is C8H11NO3. The van der Waals surface area contributed by atoms with Gasteiger partial charge in [-0.25, -0.2) is 9.69 Å². The summed E-state index contributed by atoms with van der Waals surface area (Å²) >= 11 is 0. The lowest BCUT2D eigenvalue weighted by Crippen LogP contribution is -2.68. The molecule has 1 saturated heterocycles. The largest absolute Gasteiger partial charge is 0.465 e. The maximum atomic E-state index is 11.2. The van der Waals surface area contributed by atoms with Gasteiger partial charge >= 0.3 is 6.09 Å². The van der Waals surface area contributed by atoms with Crippen LogP contribution in [0.1, 0.15) is 26.2 Å². The number of rotatable bonds is 0. The normalized spacial score (nSPS) is 39.2. The summed E-state index contributed by atoms with van der Waals surface area (Å²) < 4.78 is 0. The minimum Gasteiger partial charge on any atom is -0.465 e. The molecule has 0 aromatic heterocycles. The third kappa shape index (κ3) is 0.629. The van der Waals surface area contributed by atoms with Crippen molar-refractivity contribution in [1.82, 2.24) is 4.90 Å². The maximum Gasteiger partial charge on any atom is 0.414 e. The number of amides is 2. The number of carboxylic acid groups (broad SMARTS) is 1. The van der Waals surface area contributed by atoms with E-state index < -0.39 is 6.09 Å². The highest BCUT2D eigenvalue weighted by Gasteiger charge is 2.61. The minimum absolute atomic E-state index is 0.0198. The zero-order valence-electron chi connectivity index (χ0n) is 6.91. The van der Waals surface area contributed by atoms with Gasteiger partial charge in [-0.15, -0.1) is 0 Å². The van der Waals surface area contributed by atoms with Gasteiger partial charge in [0, 0.05) is 0 Å². The van der Waals surface area contributed by atoms with Gasteiger partial charge in [-0.2, -0.15) is 0 Å². The van der Waals surface area contributed by atoms with E-state index in [4.69, 9.17) is 5.11 Å². The molecule has 1 N–H and O–H groups in total. The Bertz CT molecular complexity index is 263. The zero-order chi connectivity index (χ0) is 8.93. The van der Waals surface area contributed by atoms with E-state index in [1.54, 1.807) is 0 Å². The molecule has 2 aliphatic rings. The van der Waals surface area contributed by atoms with Crippen LogP contribution in [0.3, 0.4) is 0 Å². The molecule has 1 heterocycles. The van der Waals surface area contributed by atoms with Crippen LogP contribution in [0.5, 0.6) is 0 Å². The van der Waals surface area contributed by atoms with Crippen LogP contribution in [0, 0.1) is 5.92 Å². The van der Waals surface area contributed by atoms with E-state index in [-0.39, 0.29) is 17.4 Å². The van der Waals surface area contributed by atoms with Crippen molar-refractivity contribution in [3.05, 3.63) is 0 Å². The number of fused-ring (bicyclic) bond motifs is 1. The van der Waals surface area contributed by atoms with Gasteiger partial charge in [-0.05, 0) is 19.8 Å². The van der Waals surface area contributed by atoms with E-state index in [1.165, 1.54) is 0 Å². The summed E-state index contributed by atoms with van der Waals surface area (Å²) in [5, 5.41) is 8.72. The summed E-state index contributed by atoms with van der Waals surface area (Å²) in [6.07, 6.45) is 1.56. The quantitative estimate of drug-likeness (QED) is 0.552. The van der Waals surface area contributed by atoms with E-state index in [0.717, 1.165) is 24.2 Å². The first kappa shape index (κ1) is 7.58. The van der Waals surface area contributed by atoms with Gasteiger partial charge in [-0.1, -0.05) is 6.42 Å². The monoisotopic (exact) mass is 169 g/mol. The number of β-lactam (4-membered cyclic amide) rings is 1. The van der Waals surface area contributed by atoms with Crippen molar-refractivity contribution in [3.63, 3.8) is 0 Å². The highest BCUT2D eigenvalue weighted by Crippen LogP contribution is 2.49. The highest BCUT2D eigenvalue weighted by molar-refractivity contribution is 6.00. The SMILES string of the molecule is CC12CCCC1C(=O)N2C(=O)O. The first-order valence-corrected chi connectivity index (χ1v) is 4.14. The van der Waals surface area contributed by atoms with Crippen molar-refractivity contribution >= 4 is 12.0 Å². The standard InChI is InChI=1S/C8H11NO3/c1-8-4-2-3-5(8)6(10)9(8)7(11)12/h5H,2-4H2,1H3,(H,11,12). The molecule has 2 amide bonds. The molecular weight excluding hydrogens is 158 g/mol. The summed E-state index contributed by atoms with van der Waals surface area (Å²) in [7, 11) is 0. The van der Waals surface area contributed by atoms with Crippen molar-refractivity contribution in [3.8, 4) is 0 Å². The lowest BCUT2D eigenvalue weighted by atomic mass is 9.78. The lowest BCUT2D eigenvalue weighted by Gasteiger charge is -2.49. The van der Waals surface area contributed by atoms with E-state index in [9.17, 15) is 9.59 Å². The molecule has 4 nitrogen and oxygen atoms in total. The van der Waals surface area contributed by atoms with Crippen molar-refractivity contribution in [2.75, 3.05) is 0 Å². The second-order valence-electron chi connectivity index (χ2n) is 3.76. The van der Waals surface area contributed by atoms with Crippen LogP contribution in [0.2, 0.25) is 0 Å². The molecule has 66 valence electrons. The summed E-state index contributed by atoms with van der Waals surface area (Å²) in [6, 6.07) is 0. The molecule has 12 heavy (non-hydrogen) atoms. The Morgan fingerprint density at radius 3 is 3.00 bits per heavy atom. The topological polar surface area (TPSA) is 57.6 Å². The highest BCUT2D eigenvalue weighted by atomic mass is 16.4. The van der Waals surface area contributed by atoms with Crippen molar-refractivity contribution < 1.29 is 14.7 Å². The number of hydrogen-bond donors (Lipinski definition) is 1. The Balaban J connectivity index is 2.28. The Hall–Kier alpha value is -1.06. The second kappa shape index (κ2) is 2.00. The molecule has 1 aliphatic heterocycles. The first-order valence-electron chi connectivity index (χ1n) is 4.14. The number of carbonyl (C=O) groups is 2. The first-order chi connectivity index (χ1) is 5.57. The maximum absolute atomic E-state index is 11.2. The molecule has 0 bridgehead atoms. The van der Waals surface area contributed by atoms with Crippen molar-refractivity contribution in [2.24, 2.45) is 5.92 Å². The molecule has 0 aromatic rings. The van der Waals surface area contributed by atoms with Crippen LogP contribution in [-0.4, -0.2) is 27.5 Å².